The molecule has 120 valence electrons. The molecule has 1 N–H and O–H groups in total. The second-order valence-corrected chi connectivity index (χ2v) is 6.13. The summed E-state index contributed by atoms with van der Waals surface area (Å²) in [5.74, 6) is 1.92. The smallest absolute Gasteiger partial charge is 0.206 e. The fraction of sp³-hybridized carbons (Fsp3) is 0.812. The lowest BCUT2D eigenvalue weighted by atomic mass is 9.97. The number of methoxy groups -OCH3 is 1. The number of piperidine rings is 1. The van der Waals surface area contributed by atoms with Gasteiger partial charge in [-0.15, -0.1) is 0 Å². The van der Waals surface area contributed by atoms with Crippen LogP contribution in [0.25, 0.3) is 0 Å². The van der Waals surface area contributed by atoms with Gasteiger partial charge in [-0.2, -0.15) is 0 Å². The Morgan fingerprint density at radius 3 is 2.76 bits per heavy atom. The van der Waals surface area contributed by atoms with Crippen molar-refractivity contribution < 1.29 is 4.74 Å². The molecule has 0 radical (unpaired) electrons. The number of hydrogen-bond acceptors (Lipinski definition) is 4. The summed E-state index contributed by atoms with van der Waals surface area (Å²) in [5, 5.41) is 3.47. The fourth-order valence-corrected chi connectivity index (χ4v) is 3.07. The molecule has 1 fully saturated rings. The van der Waals surface area contributed by atoms with Crippen LogP contribution in [0.2, 0.25) is 0 Å². The van der Waals surface area contributed by atoms with Crippen LogP contribution in [-0.2, 0) is 4.74 Å². The predicted molar refractivity (Wildman–Crippen MR) is 87.0 cm³/mol. The Hall–Kier alpha value is -1.07. The van der Waals surface area contributed by atoms with E-state index >= 15 is 0 Å². The maximum atomic E-state index is 5.30. The Morgan fingerprint density at radius 2 is 2.14 bits per heavy atom. The molecule has 1 aliphatic rings. The van der Waals surface area contributed by atoms with Crippen molar-refractivity contribution in [2.24, 2.45) is 5.92 Å². The van der Waals surface area contributed by atoms with E-state index in [1.807, 2.05) is 0 Å². The summed E-state index contributed by atoms with van der Waals surface area (Å²) in [4.78, 5) is 7.17. The van der Waals surface area contributed by atoms with Crippen molar-refractivity contribution in [1.82, 2.24) is 14.9 Å². The first-order valence-electron chi connectivity index (χ1n) is 8.15. The summed E-state index contributed by atoms with van der Waals surface area (Å²) >= 11 is 0. The standard InChI is InChI=1S/C16H30N4O/c1-5-17-10-15-6-8-19(9-7-15)16-18-13(2)11-20(16)14(3)12-21-4/h11,14-15,17H,5-10,12H2,1-4H3. The molecule has 0 spiro atoms. The van der Waals surface area contributed by atoms with Gasteiger partial charge in [0.2, 0.25) is 5.95 Å². The van der Waals surface area contributed by atoms with Crippen molar-refractivity contribution in [2.45, 2.75) is 39.7 Å². The van der Waals surface area contributed by atoms with Gasteiger partial charge in [0.25, 0.3) is 0 Å². The quantitative estimate of drug-likeness (QED) is 0.837. The van der Waals surface area contributed by atoms with Crippen LogP contribution in [0.5, 0.6) is 0 Å². The molecule has 1 atom stereocenters. The lowest BCUT2D eigenvalue weighted by Crippen LogP contribution is -2.39. The lowest BCUT2D eigenvalue weighted by molar-refractivity contribution is 0.162. The predicted octanol–water partition coefficient (Wildman–Crippen LogP) is 2.22. The zero-order valence-electron chi connectivity index (χ0n) is 13.9. The molecule has 1 saturated heterocycles. The number of aryl methyl sites for hydroxylation is 1. The van der Waals surface area contributed by atoms with Gasteiger partial charge in [-0.25, -0.2) is 4.98 Å². The minimum Gasteiger partial charge on any atom is -0.383 e. The molecule has 2 heterocycles. The number of hydrogen-bond donors (Lipinski definition) is 1. The summed E-state index contributed by atoms with van der Waals surface area (Å²) in [5.41, 5.74) is 1.09. The minimum absolute atomic E-state index is 0.325. The highest BCUT2D eigenvalue weighted by Gasteiger charge is 2.23. The average molecular weight is 294 g/mol. The van der Waals surface area contributed by atoms with Gasteiger partial charge in [-0.05, 0) is 45.7 Å². The Kier molecular flexibility index (Phi) is 6.06. The molecule has 1 unspecified atom stereocenters. The van der Waals surface area contributed by atoms with Crippen molar-refractivity contribution in [3.8, 4) is 0 Å². The van der Waals surface area contributed by atoms with E-state index in [2.05, 4.69) is 41.8 Å². The van der Waals surface area contributed by atoms with Crippen molar-refractivity contribution in [3.63, 3.8) is 0 Å². The van der Waals surface area contributed by atoms with Crippen LogP contribution in [0.3, 0.4) is 0 Å². The second-order valence-electron chi connectivity index (χ2n) is 6.13. The van der Waals surface area contributed by atoms with Crippen molar-refractivity contribution >= 4 is 5.95 Å². The maximum absolute atomic E-state index is 5.30. The van der Waals surface area contributed by atoms with Crippen LogP contribution < -0.4 is 10.2 Å². The normalized spacial score (nSPS) is 18.2. The minimum atomic E-state index is 0.325. The van der Waals surface area contributed by atoms with Crippen molar-refractivity contribution in [2.75, 3.05) is 44.8 Å². The molecule has 1 aromatic rings. The molecule has 2 rings (SSSR count). The summed E-state index contributed by atoms with van der Waals surface area (Å²) < 4.78 is 7.56. The topological polar surface area (TPSA) is 42.3 Å². The summed E-state index contributed by atoms with van der Waals surface area (Å²) in [7, 11) is 1.76. The van der Waals surface area contributed by atoms with Gasteiger partial charge in [0, 0.05) is 26.4 Å². The molecule has 1 aliphatic heterocycles. The first-order valence-corrected chi connectivity index (χ1v) is 8.15. The lowest BCUT2D eigenvalue weighted by Gasteiger charge is -2.33. The van der Waals surface area contributed by atoms with Gasteiger partial charge in [0.1, 0.15) is 0 Å². The number of anilines is 1. The maximum Gasteiger partial charge on any atom is 0.206 e. The molecule has 0 aliphatic carbocycles. The van der Waals surface area contributed by atoms with Crippen LogP contribution in [0.4, 0.5) is 5.95 Å². The molecule has 21 heavy (non-hydrogen) atoms. The van der Waals surface area contributed by atoms with Gasteiger partial charge >= 0.3 is 0 Å². The number of nitrogens with one attached hydrogen (secondary N) is 1. The van der Waals surface area contributed by atoms with Crippen LogP contribution >= 0.6 is 0 Å². The highest BCUT2D eigenvalue weighted by Crippen LogP contribution is 2.25. The van der Waals surface area contributed by atoms with Crippen LogP contribution in [0.15, 0.2) is 6.20 Å². The van der Waals surface area contributed by atoms with Crippen molar-refractivity contribution in [3.05, 3.63) is 11.9 Å². The zero-order chi connectivity index (χ0) is 15.2. The second kappa shape index (κ2) is 7.80. The number of rotatable bonds is 7. The highest BCUT2D eigenvalue weighted by molar-refractivity contribution is 5.34. The van der Waals surface area contributed by atoms with Crippen LogP contribution in [0.1, 0.15) is 38.4 Å². The first-order chi connectivity index (χ1) is 10.2. The molecular formula is C16H30N4O. The summed E-state index contributed by atoms with van der Waals surface area (Å²) in [6, 6.07) is 0.325. The Morgan fingerprint density at radius 1 is 1.43 bits per heavy atom. The third kappa shape index (κ3) is 4.20. The monoisotopic (exact) mass is 294 g/mol. The van der Waals surface area contributed by atoms with Crippen molar-refractivity contribution in [1.29, 1.82) is 0 Å². The zero-order valence-corrected chi connectivity index (χ0v) is 13.9. The molecule has 0 bridgehead atoms. The van der Waals surface area contributed by atoms with Gasteiger partial charge < -0.3 is 19.5 Å². The highest BCUT2D eigenvalue weighted by atomic mass is 16.5. The van der Waals surface area contributed by atoms with Gasteiger partial charge in [0.15, 0.2) is 0 Å². The Bertz CT molecular complexity index is 424. The van der Waals surface area contributed by atoms with Gasteiger partial charge in [-0.1, -0.05) is 6.92 Å². The fourth-order valence-electron chi connectivity index (χ4n) is 3.07. The number of aromatic nitrogens is 2. The molecule has 0 aromatic carbocycles. The molecular weight excluding hydrogens is 264 g/mol. The van der Waals surface area contributed by atoms with E-state index in [1.165, 1.54) is 12.8 Å². The Labute approximate surface area is 128 Å². The summed E-state index contributed by atoms with van der Waals surface area (Å²) in [6.45, 7) is 11.6. The van der Waals surface area contributed by atoms with Crippen LogP contribution in [-0.4, -0.2) is 49.4 Å². The molecule has 1 aromatic heterocycles. The van der Waals surface area contributed by atoms with Gasteiger partial charge in [0.05, 0.1) is 18.3 Å². The molecule has 0 amide bonds. The van der Waals surface area contributed by atoms with E-state index in [9.17, 15) is 0 Å². The number of ether oxygens (including phenoxy) is 1. The van der Waals surface area contributed by atoms with E-state index in [1.54, 1.807) is 7.11 Å². The molecule has 0 saturated carbocycles. The summed E-state index contributed by atoms with van der Waals surface area (Å²) in [6.07, 6.45) is 4.64. The molecule has 5 heteroatoms. The van der Waals surface area contributed by atoms with E-state index in [4.69, 9.17) is 9.72 Å². The van der Waals surface area contributed by atoms with E-state index in [-0.39, 0.29) is 0 Å². The SMILES string of the molecule is CCNCC1CCN(c2nc(C)cn2C(C)COC)CC1. The number of imidazole rings is 1. The van der Waals surface area contributed by atoms with Crippen LogP contribution in [0, 0.1) is 12.8 Å². The molecule has 5 nitrogen and oxygen atoms in total. The third-order valence-electron chi connectivity index (χ3n) is 4.30. The largest absolute Gasteiger partial charge is 0.383 e. The van der Waals surface area contributed by atoms with Gasteiger partial charge in [-0.3, -0.25) is 0 Å². The third-order valence-corrected chi connectivity index (χ3v) is 4.30. The average Bonchev–Trinajstić information content (AvgIpc) is 2.88. The van der Waals surface area contributed by atoms with E-state index in [0.717, 1.165) is 50.3 Å². The van der Waals surface area contributed by atoms with E-state index < -0.39 is 0 Å². The first kappa shape index (κ1) is 16.3. The van der Waals surface area contributed by atoms with E-state index in [0.29, 0.717) is 6.04 Å². The Balaban J connectivity index is 1.99. The number of nitrogens with zero attached hydrogens (tertiary/aromatic N) is 3.